The number of esters is 2. The SMILES string of the molecule is CC(=O)OCCOCCOCCOCCOCCOCCOCCOCCOC(=O)c1ccccc1. The lowest BCUT2D eigenvalue weighted by molar-refractivity contribution is -0.142. The van der Waals surface area contributed by atoms with Gasteiger partial charge >= 0.3 is 11.9 Å². The van der Waals surface area contributed by atoms with Crippen LogP contribution < -0.4 is 0 Å². The molecule has 1 aromatic carbocycles. The Bertz CT molecular complexity index is 642. The van der Waals surface area contributed by atoms with E-state index in [1.165, 1.54) is 6.92 Å². The fraction of sp³-hybridized carbons (Fsp3) is 0.680. The number of benzene rings is 1. The highest BCUT2D eigenvalue weighted by Crippen LogP contribution is 2.00. The maximum atomic E-state index is 11.7. The van der Waals surface area contributed by atoms with Gasteiger partial charge in [-0.2, -0.15) is 0 Å². The zero-order valence-corrected chi connectivity index (χ0v) is 21.2. The summed E-state index contributed by atoms with van der Waals surface area (Å²) in [5.74, 6) is -0.673. The third-order valence-electron chi connectivity index (χ3n) is 4.24. The molecule has 0 unspecified atom stereocenters. The van der Waals surface area contributed by atoms with E-state index in [2.05, 4.69) is 0 Å². The largest absolute Gasteiger partial charge is 0.463 e. The van der Waals surface area contributed by atoms with Gasteiger partial charge in [-0.3, -0.25) is 4.79 Å². The van der Waals surface area contributed by atoms with E-state index >= 15 is 0 Å². The van der Waals surface area contributed by atoms with Crippen LogP contribution in [0.1, 0.15) is 17.3 Å². The van der Waals surface area contributed by atoms with Crippen LogP contribution >= 0.6 is 0 Å². The predicted octanol–water partition coefficient (Wildman–Crippen LogP) is 1.52. The zero-order chi connectivity index (χ0) is 25.9. The van der Waals surface area contributed by atoms with Gasteiger partial charge in [-0.25, -0.2) is 4.79 Å². The number of hydrogen-bond donors (Lipinski definition) is 0. The molecular weight excluding hydrogens is 476 g/mol. The van der Waals surface area contributed by atoms with Crippen molar-refractivity contribution in [1.82, 2.24) is 0 Å². The van der Waals surface area contributed by atoms with E-state index in [1.807, 2.05) is 6.07 Å². The van der Waals surface area contributed by atoms with E-state index in [9.17, 15) is 9.59 Å². The molecule has 0 aliphatic carbocycles. The number of hydrogen-bond acceptors (Lipinski definition) is 11. The van der Waals surface area contributed by atoms with Gasteiger partial charge in [-0.15, -0.1) is 0 Å². The lowest BCUT2D eigenvalue weighted by Crippen LogP contribution is -2.15. The molecule has 36 heavy (non-hydrogen) atoms. The Morgan fingerprint density at radius 1 is 0.472 bits per heavy atom. The van der Waals surface area contributed by atoms with Crippen LogP contribution in [0.2, 0.25) is 0 Å². The summed E-state index contributed by atoms with van der Waals surface area (Å²) in [6.07, 6.45) is 0. The topological polar surface area (TPSA) is 117 Å². The standard InChI is InChI=1S/C25H40O11/c1-23(26)35-21-19-33-17-15-31-13-11-29-9-7-28-8-10-30-12-14-32-16-18-34-20-22-36-25(27)24-5-3-2-4-6-24/h2-6H,7-22H2,1H3. The molecule has 0 aromatic heterocycles. The molecule has 0 atom stereocenters. The second-order valence-electron chi connectivity index (χ2n) is 7.13. The van der Waals surface area contributed by atoms with E-state index in [0.717, 1.165) is 0 Å². The van der Waals surface area contributed by atoms with Gasteiger partial charge in [0.1, 0.15) is 13.2 Å². The summed E-state index contributed by atoms with van der Waals surface area (Å²) < 4.78 is 47.5. The minimum atomic E-state index is -0.358. The summed E-state index contributed by atoms with van der Waals surface area (Å²) in [5, 5.41) is 0. The number of rotatable bonds is 25. The monoisotopic (exact) mass is 516 g/mol. The van der Waals surface area contributed by atoms with Crippen LogP contribution in [0.15, 0.2) is 30.3 Å². The third kappa shape index (κ3) is 21.2. The Hall–Kier alpha value is -2.12. The highest BCUT2D eigenvalue weighted by Gasteiger charge is 2.05. The first-order valence-corrected chi connectivity index (χ1v) is 12.1. The molecule has 0 amide bonds. The van der Waals surface area contributed by atoms with Crippen LogP contribution in [0.3, 0.4) is 0 Å². The molecule has 0 saturated heterocycles. The van der Waals surface area contributed by atoms with Crippen molar-refractivity contribution in [3.05, 3.63) is 35.9 Å². The summed E-state index contributed by atoms with van der Waals surface area (Å²) in [5.41, 5.74) is 0.523. The molecule has 0 saturated carbocycles. The van der Waals surface area contributed by atoms with Crippen molar-refractivity contribution in [2.75, 3.05) is 106 Å². The Labute approximate surface area is 213 Å². The van der Waals surface area contributed by atoms with Crippen LogP contribution in [0.5, 0.6) is 0 Å². The first-order valence-electron chi connectivity index (χ1n) is 12.1. The molecule has 11 nitrogen and oxygen atoms in total. The van der Waals surface area contributed by atoms with Crippen molar-refractivity contribution in [3.63, 3.8) is 0 Å². The summed E-state index contributed by atoms with van der Waals surface area (Å²) in [6.45, 7) is 8.08. The average Bonchev–Trinajstić information content (AvgIpc) is 2.88. The Kier molecular flexibility index (Phi) is 21.8. The smallest absolute Gasteiger partial charge is 0.338 e. The molecule has 0 radical (unpaired) electrons. The summed E-state index contributed by atoms with van der Waals surface area (Å²) in [4.78, 5) is 22.3. The van der Waals surface area contributed by atoms with Gasteiger partial charge < -0.3 is 42.6 Å². The summed E-state index contributed by atoms with van der Waals surface area (Å²) >= 11 is 0. The highest BCUT2D eigenvalue weighted by atomic mass is 16.6. The molecule has 206 valence electrons. The maximum Gasteiger partial charge on any atom is 0.338 e. The van der Waals surface area contributed by atoms with Gasteiger partial charge in [0.05, 0.1) is 98.1 Å². The number of carbonyl (C=O) groups excluding carboxylic acids is 2. The Balaban J connectivity index is 1.68. The van der Waals surface area contributed by atoms with Crippen molar-refractivity contribution in [2.45, 2.75) is 6.92 Å². The maximum absolute atomic E-state index is 11.7. The van der Waals surface area contributed by atoms with E-state index in [0.29, 0.717) is 98.1 Å². The first kappa shape index (κ1) is 31.9. The van der Waals surface area contributed by atoms with Gasteiger partial charge in [0.2, 0.25) is 0 Å². The van der Waals surface area contributed by atoms with Crippen molar-refractivity contribution >= 4 is 11.9 Å². The fourth-order valence-corrected chi connectivity index (χ4v) is 2.52. The van der Waals surface area contributed by atoms with E-state index in [1.54, 1.807) is 24.3 Å². The second-order valence-corrected chi connectivity index (χ2v) is 7.13. The second kappa shape index (κ2) is 24.6. The van der Waals surface area contributed by atoms with Gasteiger partial charge in [-0.05, 0) is 12.1 Å². The molecule has 0 aliphatic heterocycles. The number of ether oxygens (including phenoxy) is 9. The highest BCUT2D eigenvalue weighted by molar-refractivity contribution is 5.89. The number of carbonyl (C=O) groups is 2. The molecule has 0 heterocycles. The molecule has 1 rings (SSSR count). The quantitative estimate of drug-likeness (QED) is 0.139. The molecule has 0 spiro atoms. The van der Waals surface area contributed by atoms with Crippen LogP contribution in [0.4, 0.5) is 0 Å². The van der Waals surface area contributed by atoms with Crippen LogP contribution in [0.25, 0.3) is 0 Å². The first-order chi connectivity index (χ1) is 17.7. The van der Waals surface area contributed by atoms with Crippen LogP contribution in [-0.4, -0.2) is 118 Å². The fourth-order valence-electron chi connectivity index (χ4n) is 2.52. The molecular formula is C25H40O11. The van der Waals surface area contributed by atoms with Crippen molar-refractivity contribution in [3.8, 4) is 0 Å². The van der Waals surface area contributed by atoms with Gasteiger partial charge in [0.15, 0.2) is 0 Å². The molecule has 11 heteroatoms. The minimum Gasteiger partial charge on any atom is -0.463 e. The Morgan fingerprint density at radius 2 is 0.778 bits per heavy atom. The van der Waals surface area contributed by atoms with Crippen LogP contribution in [-0.2, 0) is 47.4 Å². The Morgan fingerprint density at radius 3 is 1.11 bits per heavy atom. The summed E-state index contributed by atoms with van der Waals surface area (Å²) in [6, 6.07) is 8.83. The predicted molar refractivity (Wildman–Crippen MR) is 129 cm³/mol. The van der Waals surface area contributed by atoms with E-state index in [-0.39, 0.29) is 25.2 Å². The van der Waals surface area contributed by atoms with Gasteiger partial charge in [0, 0.05) is 6.92 Å². The van der Waals surface area contributed by atoms with Crippen LogP contribution in [0, 0.1) is 0 Å². The molecule has 1 aromatic rings. The lowest BCUT2D eigenvalue weighted by Gasteiger charge is -2.09. The normalized spacial score (nSPS) is 10.9. The summed E-state index contributed by atoms with van der Waals surface area (Å²) in [7, 11) is 0. The van der Waals surface area contributed by atoms with Crippen molar-refractivity contribution < 1.29 is 52.2 Å². The molecule has 0 bridgehead atoms. The van der Waals surface area contributed by atoms with Gasteiger partial charge in [0.25, 0.3) is 0 Å². The average molecular weight is 517 g/mol. The molecule has 0 aliphatic rings. The van der Waals surface area contributed by atoms with Crippen molar-refractivity contribution in [1.29, 1.82) is 0 Å². The zero-order valence-electron chi connectivity index (χ0n) is 21.2. The van der Waals surface area contributed by atoms with E-state index < -0.39 is 0 Å². The van der Waals surface area contributed by atoms with Gasteiger partial charge in [-0.1, -0.05) is 18.2 Å². The molecule has 0 N–H and O–H groups in total. The van der Waals surface area contributed by atoms with E-state index in [4.69, 9.17) is 42.6 Å². The van der Waals surface area contributed by atoms with Crippen molar-refractivity contribution in [2.24, 2.45) is 0 Å². The third-order valence-corrected chi connectivity index (χ3v) is 4.24. The lowest BCUT2D eigenvalue weighted by atomic mass is 10.2. The minimum absolute atomic E-state index is 0.201. The molecule has 0 fully saturated rings.